The van der Waals surface area contributed by atoms with Crippen molar-refractivity contribution in [1.82, 2.24) is 19.7 Å². The van der Waals surface area contributed by atoms with Crippen LogP contribution in [0.3, 0.4) is 0 Å². The van der Waals surface area contributed by atoms with Crippen molar-refractivity contribution >= 4 is 21.9 Å². The van der Waals surface area contributed by atoms with E-state index >= 15 is 0 Å². The topological polar surface area (TPSA) is 80.5 Å². The third-order valence-electron chi connectivity index (χ3n) is 4.53. The molecule has 0 spiro atoms. The molecule has 1 aliphatic heterocycles. The van der Waals surface area contributed by atoms with Crippen molar-refractivity contribution in [3.8, 4) is 5.75 Å². The molecule has 0 aliphatic carbocycles. The van der Waals surface area contributed by atoms with Gasteiger partial charge in [0.15, 0.2) is 0 Å². The molecule has 0 amide bonds. The fourth-order valence-corrected chi connectivity index (χ4v) is 3.80. The predicted octanol–water partition coefficient (Wildman–Crippen LogP) is 2.39. The molecule has 0 bridgehead atoms. The SMILES string of the molecule is COc1ccc(C(C)N2Cc3nnc(C)n3CC2C(=O)O)c(Br)c1. The summed E-state index contributed by atoms with van der Waals surface area (Å²) >= 11 is 3.56. The van der Waals surface area contributed by atoms with Gasteiger partial charge >= 0.3 is 5.97 Å². The number of hydrogen-bond donors (Lipinski definition) is 1. The maximum Gasteiger partial charge on any atom is 0.322 e. The van der Waals surface area contributed by atoms with Gasteiger partial charge in [0.25, 0.3) is 0 Å². The van der Waals surface area contributed by atoms with Crippen LogP contribution in [-0.2, 0) is 17.9 Å². The zero-order valence-corrected chi connectivity index (χ0v) is 15.3. The van der Waals surface area contributed by atoms with E-state index in [1.165, 1.54) is 0 Å². The standard InChI is InChI=1S/C16H19BrN4O3/c1-9(12-5-4-11(24-3)6-13(12)17)20-8-15-19-18-10(2)21(15)7-14(20)16(22)23/h4-6,9,14H,7-8H2,1-3H3,(H,22,23). The minimum atomic E-state index is -0.842. The summed E-state index contributed by atoms with van der Waals surface area (Å²) in [5.74, 6) is 1.45. The van der Waals surface area contributed by atoms with E-state index in [1.807, 2.05) is 41.5 Å². The van der Waals surface area contributed by atoms with Gasteiger partial charge in [0, 0.05) is 10.5 Å². The minimum absolute atomic E-state index is 0.0999. The predicted molar refractivity (Wildman–Crippen MR) is 90.8 cm³/mol. The van der Waals surface area contributed by atoms with E-state index in [2.05, 4.69) is 26.1 Å². The van der Waals surface area contributed by atoms with Gasteiger partial charge in [-0.15, -0.1) is 10.2 Å². The summed E-state index contributed by atoms with van der Waals surface area (Å²) in [7, 11) is 1.62. The lowest BCUT2D eigenvalue weighted by molar-refractivity contribution is -0.146. The van der Waals surface area contributed by atoms with Crippen molar-refractivity contribution < 1.29 is 14.6 Å². The van der Waals surface area contributed by atoms with Crippen LogP contribution in [0.15, 0.2) is 22.7 Å². The van der Waals surface area contributed by atoms with Gasteiger partial charge in [0.2, 0.25) is 0 Å². The highest BCUT2D eigenvalue weighted by Gasteiger charge is 2.36. The fourth-order valence-electron chi connectivity index (χ4n) is 3.11. The smallest absolute Gasteiger partial charge is 0.322 e. The molecule has 0 fully saturated rings. The van der Waals surface area contributed by atoms with E-state index in [0.717, 1.165) is 27.4 Å². The van der Waals surface area contributed by atoms with Crippen LogP contribution in [0, 0.1) is 6.92 Å². The van der Waals surface area contributed by atoms with Gasteiger partial charge in [-0.1, -0.05) is 22.0 Å². The number of ether oxygens (including phenoxy) is 1. The Morgan fingerprint density at radius 3 is 2.83 bits per heavy atom. The number of hydrogen-bond acceptors (Lipinski definition) is 5. The first-order chi connectivity index (χ1) is 11.4. The van der Waals surface area contributed by atoms with Crippen LogP contribution in [0.1, 0.15) is 30.2 Å². The molecule has 7 nitrogen and oxygen atoms in total. The highest BCUT2D eigenvalue weighted by Crippen LogP contribution is 2.34. The van der Waals surface area contributed by atoms with Gasteiger partial charge in [-0.05, 0) is 31.5 Å². The van der Waals surface area contributed by atoms with Crippen molar-refractivity contribution in [2.45, 2.75) is 39.0 Å². The average molecular weight is 395 g/mol. The molecule has 2 atom stereocenters. The molecule has 0 saturated carbocycles. The van der Waals surface area contributed by atoms with E-state index in [-0.39, 0.29) is 6.04 Å². The molecule has 24 heavy (non-hydrogen) atoms. The average Bonchev–Trinajstić information content (AvgIpc) is 2.93. The molecule has 1 aliphatic rings. The normalized spacial score (nSPS) is 18.9. The lowest BCUT2D eigenvalue weighted by atomic mass is 10.0. The number of carbonyl (C=O) groups is 1. The van der Waals surface area contributed by atoms with Crippen molar-refractivity contribution in [3.63, 3.8) is 0 Å². The number of nitrogens with zero attached hydrogens (tertiary/aromatic N) is 4. The number of benzene rings is 1. The van der Waals surface area contributed by atoms with E-state index in [9.17, 15) is 9.90 Å². The monoisotopic (exact) mass is 394 g/mol. The second-order valence-electron chi connectivity index (χ2n) is 5.86. The van der Waals surface area contributed by atoms with Crippen LogP contribution in [0.25, 0.3) is 0 Å². The number of aryl methyl sites for hydroxylation is 1. The van der Waals surface area contributed by atoms with Gasteiger partial charge in [-0.25, -0.2) is 0 Å². The molecule has 1 aromatic heterocycles. The molecule has 0 saturated heterocycles. The lowest BCUT2D eigenvalue weighted by Crippen LogP contribution is -2.49. The van der Waals surface area contributed by atoms with E-state index < -0.39 is 12.0 Å². The number of halogens is 1. The summed E-state index contributed by atoms with van der Waals surface area (Å²) in [6.45, 7) is 4.63. The Morgan fingerprint density at radius 1 is 1.46 bits per heavy atom. The fraction of sp³-hybridized carbons (Fsp3) is 0.438. The van der Waals surface area contributed by atoms with Crippen LogP contribution in [0.5, 0.6) is 5.75 Å². The zero-order valence-electron chi connectivity index (χ0n) is 13.7. The quantitative estimate of drug-likeness (QED) is 0.857. The van der Waals surface area contributed by atoms with Crippen LogP contribution in [0.2, 0.25) is 0 Å². The van der Waals surface area contributed by atoms with E-state index in [0.29, 0.717) is 13.1 Å². The Kier molecular flexibility index (Phi) is 4.60. The number of fused-ring (bicyclic) bond motifs is 1. The molecule has 128 valence electrons. The van der Waals surface area contributed by atoms with Gasteiger partial charge in [0.1, 0.15) is 23.4 Å². The molecular formula is C16H19BrN4O3. The van der Waals surface area contributed by atoms with Crippen LogP contribution in [-0.4, -0.2) is 43.9 Å². The molecule has 8 heteroatoms. The van der Waals surface area contributed by atoms with Crippen molar-refractivity contribution in [1.29, 1.82) is 0 Å². The Balaban J connectivity index is 1.95. The number of methoxy groups -OCH3 is 1. The van der Waals surface area contributed by atoms with Crippen molar-refractivity contribution in [2.24, 2.45) is 0 Å². The summed E-state index contributed by atoms with van der Waals surface area (Å²) in [6.07, 6.45) is 0. The van der Waals surface area contributed by atoms with Crippen LogP contribution < -0.4 is 4.74 Å². The summed E-state index contributed by atoms with van der Waals surface area (Å²) in [5.41, 5.74) is 1.01. The zero-order chi connectivity index (χ0) is 17.4. The Morgan fingerprint density at radius 2 is 2.21 bits per heavy atom. The second-order valence-corrected chi connectivity index (χ2v) is 6.72. The Labute approximate surface area is 148 Å². The van der Waals surface area contributed by atoms with Gasteiger partial charge in [-0.2, -0.15) is 0 Å². The lowest BCUT2D eigenvalue weighted by Gasteiger charge is -2.38. The summed E-state index contributed by atoms with van der Waals surface area (Å²) in [5, 5.41) is 17.9. The Hall–Kier alpha value is -1.93. The maximum absolute atomic E-state index is 11.8. The third-order valence-corrected chi connectivity index (χ3v) is 5.22. The molecular weight excluding hydrogens is 376 g/mol. The molecule has 2 unspecified atom stereocenters. The second kappa shape index (κ2) is 6.52. The largest absolute Gasteiger partial charge is 0.497 e. The number of carboxylic acid groups (broad SMARTS) is 1. The van der Waals surface area contributed by atoms with E-state index in [1.54, 1.807) is 7.11 Å². The molecule has 2 heterocycles. The van der Waals surface area contributed by atoms with Crippen molar-refractivity contribution in [3.05, 3.63) is 39.9 Å². The number of carboxylic acids is 1. The Bertz CT molecular complexity index is 777. The molecule has 1 aromatic carbocycles. The molecule has 1 N–H and O–H groups in total. The van der Waals surface area contributed by atoms with Crippen LogP contribution in [0.4, 0.5) is 0 Å². The summed E-state index contributed by atoms with van der Waals surface area (Å²) < 4.78 is 8.00. The highest BCUT2D eigenvalue weighted by atomic mass is 79.9. The van der Waals surface area contributed by atoms with Gasteiger partial charge in [-0.3, -0.25) is 9.69 Å². The van der Waals surface area contributed by atoms with Gasteiger partial charge < -0.3 is 14.4 Å². The van der Waals surface area contributed by atoms with Crippen LogP contribution >= 0.6 is 15.9 Å². The van der Waals surface area contributed by atoms with Gasteiger partial charge in [0.05, 0.1) is 20.2 Å². The first-order valence-corrected chi connectivity index (χ1v) is 8.42. The maximum atomic E-state index is 11.8. The number of rotatable bonds is 4. The first kappa shape index (κ1) is 16.9. The molecule has 3 rings (SSSR count). The number of aromatic nitrogens is 3. The highest BCUT2D eigenvalue weighted by molar-refractivity contribution is 9.10. The first-order valence-electron chi connectivity index (χ1n) is 7.63. The third kappa shape index (κ3) is 2.91. The molecule has 2 aromatic rings. The number of aliphatic carboxylic acids is 1. The van der Waals surface area contributed by atoms with Crippen molar-refractivity contribution in [2.75, 3.05) is 7.11 Å². The summed E-state index contributed by atoms with van der Waals surface area (Å²) in [4.78, 5) is 13.7. The molecule has 0 radical (unpaired) electrons. The van der Waals surface area contributed by atoms with E-state index in [4.69, 9.17) is 4.74 Å². The minimum Gasteiger partial charge on any atom is -0.497 e. The summed E-state index contributed by atoms with van der Waals surface area (Å²) in [6, 6.07) is 4.99.